The Hall–Kier alpha value is -0.570. The first-order chi connectivity index (χ1) is 6.53. The van der Waals surface area contributed by atoms with Crippen LogP contribution in [-0.4, -0.2) is 23.7 Å². The highest BCUT2D eigenvalue weighted by Crippen LogP contribution is 2.11. The zero-order valence-electron chi connectivity index (χ0n) is 11.1. The van der Waals surface area contributed by atoms with Crippen LogP contribution in [0.4, 0.5) is 0 Å². The summed E-state index contributed by atoms with van der Waals surface area (Å²) in [5, 5.41) is 3.41. The fourth-order valence-corrected chi connectivity index (χ4v) is 1.47. The summed E-state index contributed by atoms with van der Waals surface area (Å²) in [4.78, 5) is 11.3. The maximum absolute atomic E-state index is 11.3. The Morgan fingerprint density at radius 2 is 1.67 bits per heavy atom. The molecule has 0 saturated carbocycles. The van der Waals surface area contributed by atoms with Crippen LogP contribution in [0.5, 0.6) is 0 Å². The summed E-state index contributed by atoms with van der Waals surface area (Å²) >= 11 is 0. The number of carbonyl (C=O) groups is 1. The van der Waals surface area contributed by atoms with Gasteiger partial charge in [0, 0.05) is 11.1 Å². The molecule has 0 aliphatic rings. The second-order valence-electron chi connectivity index (χ2n) is 6.02. The van der Waals surface area contributed by atoms with E-state index in [0.717, 1.165) is 0 Å². The van der Waals surface area contributed by atoms with Gasteiger partial charge in [0.05, 0.1) is 5.92 Å². The molecular formula is C12H25NO2. The molecule has 0 bridgehead atoms. The molecule has 0 aliphatic heterocycles. The molecule has 90 valence electrons. The van der Waals surface area contributed by atoms with Crippen LogP contribution in [0.1, 0.15) is 48.5 Å². The lowest BCUT2D eigenvalue weighted by atomic mass is 10.00. The van der Waals surface area contributed by atoms with Crippen molar-refractivity contribution in [1.29, 1.82) is 0 Å². The molecule has 0 atom stereocenters. The van der Waals surface area contributed by atoms with Crippen molar-refractivity contribution in [3.63, 3.8) is 0 Å². The highest BCUT2D eigenvalue weighted by molar-refractivity contribution is 5.71. The van der Waals surface area contributed by atoms with Gasteiger partial charge in [0.2, 0.25) is 0 Å². The minimum atomic E-state index is -0.192. The van der Waals surface area contributed by atoms with Crippen molar-refractivity contribution in [2.75, 3.05) is 6.61 Å². The van der Waals surface area contributed by atoms with E-state index in [0.29, 0.717) is 6.61 Å². The van der Waals surface area contributed by atoms with Crippen molar-refractivity contribution >= 4 is 5.97 Å². The van der Waals surface area contributed by atoms with Crippen molar-refractivity contribution in [2.45, 2.75) is 59.5 Å². The molecule has 0 amide bonds. The smallest absolute Gasteiger partial charge is 0.308 e. The van der Waals surface area contributed by atoms with Gasteiger partial charge in [-0.15, -0.1) is 0 Å². The molecule has 0 heterocycles. The van der Waals surface area contributed by atoms with E-state index in [-0.39, 0.29) is 23.0 Å². The minimum Gasteiger partial charge on any atom is -0.464 e. The average Bonchev–Trinajstić information content (AvgIpc) is 1.95. The van der Waals surface area contributed by atoms with Crippen molar-refractivity contribution in [3.8, 4) is 0 Å². The van der Waals surface area contributed by atoms with Gasteiger partial charge >= 0.3 is 5.97 Å². The Kier molecular flexibility index (Phi) is 4.78. The highest BCUT2D eigenvalue weighted by Gasteiger charge is 2.25. The van der Waals surface area contributed by atoms with Crippen molar-refractivity contribution in [1.82, 2.24) is 5.32 Å². The first-order valence-corrected chi connectivity index (χ1v) is 5.49. The molecule has 0 unspecified atom stereocenters. The van der Waals surface area contributed by atoms with E-state index >= 15 is 0 Å². The summed E-state index contributed by atoms with van der Waals surface area (Å²) in [6, 6.07) is 0. The van der Waals surface area contributed by atoms with Crippen LogP contribution >= 0.6 is 0 Å². The Morgan fingerprint density at radius 1 is 1.20 bits per heavy atom. The maximum Gasteiger partial charge on any atom is 0.308 e. The first-order valence-electron chi connectivity index (χ1n) is 5.49. The normalized spacial score (nSPS) is 13.1. The van der Waals surface area contributed by atoms with Crippen LogP contribution in [-0.2, 0) is 9.53 Å². The van der Waals surface area contributed by atoms with E-state index in [9.17, 15) is 4.79 Å². The van der Waals surface area contributed by atoms with Crippen LogP contribution in [0, 0.1) is 5.92 Å². The van der Waals surface area contributed by atoms with Crippen molar-refractivity contribution in [2.24, 2.45) is 5.92 Å². The fraction of sp³-hybridized carbons (Fsp3) is 0.917. The minimum absolute atomic E-state index is 0.0216. The summed E-state index contributed by atoms with van der Waals surface area (Å²) in [6.45, 7) is 14.4. The van der Waals surface area contributed by atoms with Gasteiger partial charge in [-0.25, -0.2) is 0 Å². The van der Waals surface area contributed by atoms with Gasteiger partial charge in [0.1, 0.15) is 6.61 Å². The number of carbonyl (C=O) groups excluding carboxylic acids is 1. The number of rotatable bonds is 4. The number of ether oxygens (including phenoxy) is 1. The van der Waals surface area contributed by atoms with Crippen LogP contribution < -0.4 is 5.32 Å². The summed E-state index contributed by atoms with van der Waals surface area (Å²) < 4.78 is 5.21. The number of hydrogen-bond acceptors (Lipinski definition) is 3. The summed E-state index contributed by atoms with van der Waals surface area (Å²) in [5.41, 5.74) is -0.170. The summed E-state index contributed by atoms with van der Waals surface area (Å²) in [6.07, 6.45) is 0. The topological polar surface area (TPSA) is 38.3 Å². The van der Waals surface area contributed by atoms with Crippen LogP contribution in [0.2, 0.25) is 0 Å². The molecule has 0 aromatic carbocycles. The molecule has 0 saturated heterocycles. The van der Waals surface area contributed by atoms with E-state index in [2.05, 4.69) is 26.1 Å². The van der Waals surface area contributed by atoms with Gasteiger partial charge in [0.25, 0.3) is 0 Å². The van der Waals surface area contributed by atoms with Gasteiger partial charge in [-0.2, -0.15) is 0 Å². The highest BCUT2D eigenvalue weighted by atomic mass is 16.5. The summed E-state index contributed by atoms with van der Waals surface area (Å²) in [7, 11) is 0. The molecule has 0 fully saturated rings. The second kappa shape index (κ2) is 4.97. The molecular weight excluding hydrogens is 190 g/mol. The molecule has 0 aromatic heterocycles. The fourth-order valence-electron chi connectivity index (χ4n) is 1.47. The Balaban J connectivity index is 4.10. The monoisotopic (exact) mass is 215 g/mol. The second-order valence-corrected chi connectivity index (χ2v) is 6.02. The van der Waals surface area contributed by atoms with Crippen LogP contribution in [0.25, 0.3) is 0 Å². The van der Waals surface area contributed by atoms with E-state index in [1.807, 2.05) is 27.7 Å². The lowest BCUT2D eigenvalue weighted by Gasteiger charge is -2.34. The largest absolute Gasteiger partial charge is 0.464 e. The van der Waals surface area contributed by atoms with E-state index < -0.39 is 0 Å². The average molecular weight is 215 g/mol. The standard InChI is InChI=1S/C12H25NO2/c1-9(2)10(14)15-8-12(6,7)13-11(3,4)5/h9,13H,8H2,1-7H3. The third kappa shape index (κ3) is 7.37. The van der Waals surface area contributed by atoms with Gasteiger partial charge < -0.3 is 10.1 Å². The predicted molar refractivity (Wildman–Crippen MR) is 62.8 cm³/mol. The maximum atomic E-state index is 11.3. The Bertz CT molecular complexity index is 214. The Labute approximate surface area is 93.6 Å². The predicted octanol–water partition coefficient (Wildman–Crippen LogP) is 2.35. The zero-order valence-corrected chi connectivity index (χ0v) is 11.1. The zero-order chi connectivity index (χ0) is 12.3. The number of esters is 1. The van der Waals surface area contributed by atoms with Crippen molar-refractivity contribution < 1.29 is 9.53 Å². The number of nitrogens with one attached hydrogen (secondary N) is 1. The molecule has 0 radical (unpaired) electrons. The SMILES string of the molecule is CC(C)C(=O)OCC(C)(C)NC(C)(C)C. The number of hydrogen-bond donors (Lipinski definition) is 1. The van der Waals surface area contributed by atoms with Gasteiger partial charge in [0.15, 0.2) is 0 Å². The molecule has 3 nitrogen and oxygen atoms in total. The molecule has 0 rings (SSSR count). The molecule has 15 heavy (non-hydrogen) atoms. The van der Waals surface area contributed by atoms with Crippen LogP contribution in [0.3, 0.4) is 0 Å². The summed E-state index contributed by atoms with van der Waals surface area (Å²) in [5.74, 6) is -0.200. The molecule has 0 spiro atoms. The lowest BCUT2D eigenvalue weighted by Crippen LogP contribution is -2.53. The molecule has 3 heteroatoms. The molecule has 1 N–H and O–H groups in total. The Morgan fingerprint density at radius 3 is 2.00 bits per heavy atom. The third-order valence-electron chi connectivity index (χ3n) is 1.76. The van der Waals surface area contributed by atoms with Gasteiger partial charge in [-0.05, 0) is 34.6 Å². The van der Waals surface area contributed by atoms with E-state index in [4.69, 9.17) is 4.74 Å². The van der Waals surface area contributed by atoms with Gasteiger partial charge in [-0.3, -0.25) is 4.79 Å². The third-order valence-corrected chi connectivity index (χ3v) is 1.76. The van der Waals surface area contributed by atoms with Crippen LogP contribution in [0.15, 0.2) is 0 Å². The molecule has 0 aliphatic carbocycles. The molecule has 0 aromatic rings. The van der Waals surface area contributed by atoms with Gasteiger partial charge in [-0.1, -0.05) is 13.8 Å². The van der Waals surface area contributed by atoms with E-state index in [1.54, 1.807) is 0 Å². The lowest BCUT2D eigenvalue weighted by molar-refractivity contribution is -0.149. The van der Waals surface area contributed by atoms with E-state index in [1.165, 1.54) is 0 Å². The quantitative estimate of drug-likeness (QED) is 0.732. The van der Waals surface area contributed by atoms with Crippen molar-refractivity contribution in [3.05, 3.63) is 0 Å². The first kappa shape index (κ1) is 14.4.